The summed E-state index contributed by atoms with van der Waals surface area (Å²) in [6, 6.07) is 11.3. The second-order valence-electron chi connectivity index (χ2n) is 8.60. The van der Waals surface area contributed by atoms with Crippen molar-refractivity contribution in [2.45, 2.75) is 53.4 Å². The molecule has 1 aliphatic rings. The molecule has 1 saturated carbocycles. The highest BCUT2D eigenvalue weighted by Gasteiger charge is 2.58. The van der Waals surface area contributed by atoms with Crippen LogP contribution in [0.2, 0.25) is 0 Å². The van der Waals surface area contributed by atoms with Gasteiger partial charge < -0.3 is 14.9 Å². The molecular weight excluding hydrogens is 300 g/mol. The number of aliphatic hydroxyl groups excluding tert-OH is 1. The van der Waals surface area contributed by atoms with Crippen LogP contribution in [0.5, 0.6) is 5.75 Å². The average Bonchev–Trinajstić information content (AvgIpc) is 3.13. The predicted octanol–water partition coefficient (Wildman–Crippen LogP) is 4.84. The van der Waals surface area contributed by atoms with Gasteiger partial charge >= 0.3 is 0 Å². The molecule has 0 amide bonds. The number of hydrogen-bond donors (Lipinski definition) is 2. The van der Waals surface area contributed by atoms with Gasteiger partial charge in [0.25, 0.3) is 0 Å². The molecule has 2 aromatic rings. The molecule has 0 aliphatic heterocycles. The first kappa shape index (κ1) is 17.2. The zero-order valence-corrected chi connectivity index (χ0v) is 15.0. The monoisotopic (exact) mass is 328 g/mol. The molecule has 3 atom stereocenters. The molecule has 3 heteroatoms. The van der Waals surface area contributed by atoms with Crippen molar-refractivity contribution in [2.24, 2.45) is 16.7 Å². The van der Waals surface area contributed by atoms with E-state index >= 15 is 0 Å². The highest BCUT2D eigenvalue weighted by molar-refractivity contribution is 5.84. The number of hydrogen-bond acceptors (Lipinski definition) is 3. The Morgan fingerprint density at radius 2 is 1.79 bits per heavy atom. The number of benzene rings is 2. The summed E-state index contributed by atoms with van der Waals surface area (Å²) in [5.74, 6) is 0.778. The van der Waals surface area contributed by atoms with Gasteiger partial charge in [0.15, 0.2) is 6.29 Å². The normalized spacial score (nSPS) is 25.0. The van der Waals surface area contributed by atoms with Crippen molar-refractivity contribution >= 4 is 10.8 Å². The number of aromatic hydroxyl groups is 1. The van der Waals surface area contributed by atoms with E-state index < -0.39 is 6.29 Å². The maximum absolute atomic E-state index is 10.6. The average molecular weight is 328 g/mol. The fraction of sp³-hybridized carbons (Fsp3) is 0.524. The molecule has 3 unspecified atom stereocenters. The summed E-state index contributed by atoms with van der Waals surface area (Å²) in [5.41, 5.74) is 1.12. The third-order valence-corrected chi connectivity index (χ3v) is 5.15. The smallest absolute Gasteiger partial charge is 0.160 e. The molecule has 0 spiro atoms. The molecular formula is C21H28O3. The lowest BCUT2D eigenvalue weighted by Crippen LogP contribution is -2.30. The molecule has 1 fully saturated rings. The van der Waals surface area contributed by atoms with Crippen molar-refractivity contribution in [3.05, 3.63) is 42.0 Å². The van der Waals surface area contributed by atoms with E-state index in [9.17, 15) is 10.2 Å². The van der Waals surface area contributed by atoms with E-state index in [4.69, 9.17) is 4.74 Å². The van der Waals surface area contributed by atoms with E-state index in [1.54, 1.807) is 12.1 Å². The van der Waals surface area contributed by atoms with Gasteiger partial charge in [0.05, 0.1) is 6.61 Å². The van der Waals surface area contributed by atoms with Gasteiger partial charge in [-0.05, 0) is 58.7 Å². The molecule has 0 radical (unpaired) electrons. The highest BCUT2D eigenvalue weighted by atomic mass is 16.6. The third kappa shape index (κ3) is 3.57. The van der Waals surface area contributed by atoms with Crippen molar-refractivity contribution in [1.82, 2.24) is 0 Å². The molecule has 1 aliphatic carbocycles. The number of phenols is 1. The first-order valence-electron chi connectivity index (χ1n) is 8.71. The summed E-state index contributed by atoms with van der Waals surface area (Å²) >= 11 is 0. The minimum Gasteiger partial charge on any atom is -0.508 e. The van der Waals surface area contributed by atoms with Gasteiger partial charge in [-0.2, -0.15) is 0 Å². The standard InChI is InChI=1S/C21H28O3/c1-14-11-21(14,13-20(2,3)4)19(23)24-12-15-5-6-17-10-18(22)8-7-16(17)9-15/h5-10,14,19,22-23H,11-13H2,1-4H3. The predicted molar refractivity (Wildman–Crippen MR) is 96.7 cm³/mol. The number of phenolic OH excluding ortho intramolecular Hbond substituents is 1. The first-order valence-corrected chi connectivity index (χ1v) is 8.71. The van der Waals surface area contributed by atoms with Gasteiger partial charge in [0, 0.05) is 5.41 Å². The Kier molecular flexibility index (Phi) is 4.35. The lowest BCUT2D eigenvalue weighted by Gasteiger charge is -2.30. The van der Waals surface area contributed by atoms with E-state index in [0.717, 1.165) is 29.2 Å². The maximum atomic E-state index is 10.6. The summed E-state index contributed by atoms with van der Waals surface area (Å²) in [7, 11) is 0. The van der Waals surface area contributed by atoms with Crippen LogP contribution in [0, 0.1) is 16.7 Å². The Hall–Kier alpha value is -1.58. The topological polar surface area (TPSA) is 49.7 Å². The summed E-state index contributed by atoms with van der Waals surface area (Å²) in [4.78, 5) is 0. The van der Waals surface area contributed by atoms with Gasteiger partial charge in [0.1, 0.15) is 5.75 Å². The van der Waals surface area contributed by atoms with Crippen LogP contribution >= 0.6 is 0 Å². The Morgan fingerprint density at radius 3 is 2.42 bits per heavy atom. The van der Waals surface area contributed by atoms with Crippen LogP contribution in [0.1, 0.15) is 46.1 Å². The molecule has 0 bridgehead atoms. The van der Waals surface area contributed by atoms with Crippen molar-refractivity contribution < 1.29 is 14.9 Å². The van der Waals surface area contributed by atoms with Gasteiger partial charge in [-0.15, -0.1) is 0 Å². The summed E-state index contributed by atoms with van der Waals surface area (Å²) in [5, 5.41) is 22.2. The van der Waals surface area contributed by atoms with Crippen molar-refractivity contribution in [2.75, 3.05) is 0 Å². The van der Waals surface area contributed by atoms with Crippen LogP contribution in [0.3, 0.4) is 0 Å². The van der Waals surface area contributed by atoms with Crippen molar-refractivity contribution in [3.8, 4) is 5.75 Å². The van der Waals surface area contributed by atoms with Crippen LogP contribution in [0.15, 0.2) is 36.4 Å². The van der Waals surface area contributed by atoms with E-state index in [-0.39, 0.29) is 16.6 Å². The summed E-state index contributed by atoms with van der Waals surface area (Å²) < 4.78 is 5.85. The molecule has 3 nitrogen and oxygen atoms in total. The largest absolute Gasteiger partial charge is 0.508 e. The molecule has 2 aromatic carbocycles. The molecule has 0 aromatic heterocycles. The van der Waals surface area contributed by atoms with Crippen LogP contribution in [-0.2, 0) is 11.3 Å². The minimum absolute atomic E-state index is 0.0963. The highest BCUT2D eigenvalue weighted by Crippen LogP contribution is 2.60. The molecule has 24 heavy (non-hydrogen) atoms. The number of aliphatic hydroxyl groups is 1. The summed E-state index contributed by atoms with van der Waals surface area (Å²) in [6.07, 6.45) is 1.28. The Morgan fingerprint density at radius 1 is 1.17 bits per heavy atom. The molecule has 130 valence electrons. The fourth-order valence-electron chi connectivity index (χ4n) is 3.89. The fourth-order valence-corrected chi connectivity index (χ4v) is 3.89. The van der Waals surface area contributed by atoms with Crippen molar-refractivity contribution in [3.63, 3.8) is 0 Å². The molecule has 2 N–H and O–H groups in total. The van der Waals surface area contributed by atoms with E-state index in [1.807, 2.05) is 24.3 Å². The van der Waals surface area contributed by atoms with Crippen LogP contribution in [0.25, 0.3) is 10.8 Å². The second kappa shape index (κ2) is 6.05. The Labute approximate surface area is 144 Å². The summed E-state index contributed by atoms with van der Waals surface area (Å²) in [6.45, 7) is 9.24. The number of fused-ring (bicyclic) bond motifs is 1. The van der Waals surface area contributed by atoms with E-state index in [0.29, 0.717) is 12.5 Å². The zero-order chi connectivity index (χ0) is 17.5. The van der Waals surface area contributed by atoms with Gasteiger partial charge in [-0.3, -0.25) is 0 Å². The lowest BCUT2D eigenvalue weighted by atomic mass is 9.81. The lowest BCUT2D eigenvalue weighted by molar-refractivity contribution is -0.162. The first-order chi connectivity index (χ1) is 11.2. The maximum Gasteiger partial charge on any atom is 0.160 e. The Bertz CT molecular complexity index is 731. The molecule has 0 heterocycles. The van der Waals surface area contributed by atoms with E-state index in [2.05, 4.69) is 27.7 Å². The molecule has 3 rings (SSSR count). The number of rotatable bonds is 5. The zero-order valence-electron chi connectivity index (χ0n) is 15.0. The third-order valence-electron chi connectivity index (χ3n) is 5.15. The van der Waals surface area contributed by atoms with Crippen LogP contribution < -0.4 is 0 Å². The van der Waals surface area contributed by atoms with Gasteiger partial charge in [-0.1, -0.05) is 45.9 Å². The van der Waals surface area contributed by atoms with E-state index in [1.165, 1.54) is 0 Å². The van der Waals surface area contributed by atoms with Gasteiger partial charge in [-0.25, -0.2) is 0 Å². The van der Waals surface area contributed by atoms with Gasteiger partial charge in [0.2, 0.25) is 0 Å². The van der Waals surface area contributed by atoms with Crippen LogP contribution in [0.4, 0.5) is 0 Å². The quantitative estimate of drug-likeness (QED) is 0.772. The SMILES string of the molecule is CC1CC1(CC(C)(C)C)C(O)OCc1ccc2cc(O)ccc2c1. The second-order valence-corrected chi connectivity index (χ2v) is 8.60. The van der Waals surface area contributed by atoms with Crippen LogP contribution in [-0.4, -0.2) is 16.5 Å². The molecule has 0 saturated heterocycles. The minimum atomic E-state index is -0.720. The van der Waals surface area contributed by atoms with Crippen molar-refractivity contribution in [1.29, 1.82) is 0 Å². The number of ether oxygens (including phenoxy) is 1. The Balaban J connectivity index is 1.68.